The second kappa shape index (κ2) is 16.1. The van der Waals surface area contributed by atoms with Gasteiger partial charge >= 0.3 is 0 Å². The van der Waals surface area contributed by atoms with Crippen LogP contribution < -0.4 is 0 Å². The summed E-state index contributed by atoms with van der Waals surface area (Å²) in [5.74, 6) is 0.937. The number of pyridine rings is 1. The molecule has 326 valence electrons. The fraction of sp³-hybridized carbons (Fsp3) is 0.300. The van der Waals surface area contributed by atoms with E-state index in [1.807, 2.05) is 19.2 Å². The summed E-state index contributed by atoms with van der Waals surface area (Å²) in [7, 11) is 0. The Morgan fingerprint density at radius 2 is 1.03 bits per heavy atom. The minimum atomic E-state index is -0.140. The Balaban J connectivity index is 1.39. The molecule has 8 aromatic rings. The summed E-state index contributed by atoms with van der Waals surface area (Å²) < 4.78 is 2.29. The topological polar surface area (TPSA) is 50.9 Å². The molecule has 2 aromatic heterocycles. The van der Waals surface area contributed by atoms with Crippen LogP contribution in [0.5, 0.6) is 5.75 Å². The van der Waals surface area contributed by atoms with Crippen molar-refractivity contribution in [3.63, 3.8) is 0 Å². The smallest absolute Gasteiger partial charge is 0.149 e. The zero-order chi connectivity index (χ0) is 46.1. The van der Waals surface area contributed by atoms with Crippen LogP contribution >= 0.6 is 0 Å². The number of para-hydroxylation sites is 1. The SMILES string of the molecule is Cc1cc(C)c(O)c(-c2nc3c(-c4cc(-c5cc(-c6ccc(C(C)(C)C)cc6)ccn5)cc(C(C)(C)C)c4)cccc3n2-c2cc(C(C)(C)C)ccc2-c2ccc(C(C)(C)C)cc2)c1. The molecule has 0 saturated carbocycles. The van der Waals surface area contributed by atoms with Crippen molar-refractivity contribution >= 4 is 11.0 Å². The average molecular weight is 844 g/mol. The molecule has 0 atom stereocenters. The molecule has 4 nitrogen and oxygen atoms in total. The van der Waals surface area contributed by atoms with Gasteiger partial charge in [0.05, 0.1) is 28.0 Å². The predicted molar refractivity (Wildman–Crippen MR) is 272 cm³/mol. The Morgan fingerprint density at radius 1 is 0.453 bits per heavy atom. The summed E-state index contributed by atoms with van der Waals surface area (Å²) in [6, 6.07) is 46.6. The van der Waals surface area contributed by atoms with E-state index in [0.717, 1.165) is 66.9 Å². The minimum Gasteiger partial charge on any atom is -0.507 e. The fourth-order valence-corrected chi connectivity index (χ4v) is 8.76. The van der Waals surface area contributed by atoms with E-state index in [1.165, 1.54) is 27.8 Å². The molecule has 6 aromatic carbocycles. The van der Waals surface area contributed by atoms with Crippen LogP contribution in [0, 0.1) is 13.8 Å². The molecule has 0 radical (unpaired) electrons. The number of aromatic hydroxyl groups is 1. The van der Waals surface area contributed by atoms with Crippen LogP contribution in [0.25, 0.3) is 72.7 Å². The van der Waals surface area contributed by atoms with E-state index in [9.17, 15) is 5.11 Å². The van der Waals surface area contributed by atoms with Crippen molar-refractivity contribution in [3.8, 4) is 67.5 Å². The van der Waals surface area contributed by atoms with Crippen molar-refractivity contribution in [2.24, 2.45) is 0 Å². The first-order valence-electron chi connectivity index (χ1n) is 22.8. The van der Waals surface area contributed by atoms with Crippen molar-refractivity contribution in [1.29, 1.82) is 0 Å². The molecule has 8 rings (SSSR count). The lowest BCUT2D eigenvalue weighted by molar-refractivity contribution is 0.472. The van der Waals surface area contributed by atoms with Gasteiger partial charge in [-0.05, 0) is 134 Å². The van der Waals surface area contributed by atoms with E-state index in [4.69, 9.17) is 9.97 Å². The summed E-state index contributed by atoms with van der Waals surface area (Å²) in [6.45, 7) is 31.2. The van der Waals surface area contributed by atoms with Gasteiger partial charge < -0.3 is 5.11 Å². The van der Waals surface area contributed by atoms with Gasteiger partial charge in [-0.2, -0.15) is 0 Å². The van der Waals surface area contributed by atoms with Gasteiger partial charge in [-0.15, -0.1) is 0 Å². The minimum absolute atomic E-state index is 0.0313. The van der Waals surface area contributed by atoms with Crippen molar-refractivity contribution in [2.45, 2.75) is 119 Å². The van der Waals surface area contributed by atoms with Crippen molar-refractivity contribution in [2.75, 3.05) is 0 Å². The highest BCUT2D eigenvalue weighted by Gasteiger charge is 2.26. The van der Waals surface area contributed by atoms with Gasteiger partial charge in [0.2, 0.25) is 0 Å². The van der Waals surface area contributed by atoms with E-state index in [0.29, 0.717) is 11.4 Å². The molecule has 1 N–H and O–H groups in total. The third-order valence-corrected chi connectivity index (χ3v) is 12.8. The zero-order valence-corrected chi connectivity index (χ0v) is 40.5. The van der Waals surface area contributed by atoms with Crippen molar-refractivity contribution < 1.29 is 5.11 Å². The van der Waals surface area contributed by atoms with E-state index in [2.05, 4.69) is 216 Å². The van der Waals surface area contributed by atoms with Gasteiger partial charge in [-0.3, -0.25) is 9.55 Å². The highest BCUT2D eigenvalue weighted by atomic mass is 16.3. The summed E-state index contributed by atoms with van der Waals surface area (Å²) in [5, 5.41) is 11.9. The molecule has 0 amide bonds. The first-order chi connectivity index (χ1) is 30.0. The Kier molecular flexibility index (Phi) is 11.1. The fourth-order valence-electron chi connectivity index (χ4n) is 8.76. The third kappa shape index (κ3) is 8.68. The van der Waals surface area contributed by atoms with Gasteiger partial charge in [-0.25, -0.2) is 4.98 Å². The molecule has 0 unspecified atom stereocenters. The molecule has 0 aliphatic rings. The molecule has 0 aliphatic heterocycles. The van der Waals surface area contributed by atoms with Crippen LogP contribution in [0.4, 0.5) is 0 Å². The number of nitrogens with zero attached hydrogens (tertiary/aromatic N) is 3. The largest absolute Gasteiger partial charge is 0.507 e. The van der Waals surface area contributed by atoms with E-state index >= 15 is 0 Å². The van der Waals surface area contributed by atoms with Crippen LogP contribution in [0.3, 0.4) is 0 Å². The Hall–Kier alpha value is -6.26. The van der Waals surface area contributed by atoms with E-state index in [1.54, 1.807) is 0 Å². The number of fused-ring (bicyclic) bond motifs is 1. The second-order valence-electron chi connectivity index (χ2n) is 22.0. The quantitative estimate of drug-likeness (QED) is 0.181. The maximum Gasteiger partial charge on any atom is 0.149 e. The van der Waals surface area contributed by atoms with Crippen LogP contribution in [-0.4, -0.2) is 19.6 Å². The van der Waals surface area contributed by atoms with E-state index < -0.39 is 0 Å². The van der Waals surface area contributed by atoms with Crippen molar-refractivity contribution in [1.82, 2.24) is 14.5 Å². The molecule has 64 heavy (non-hydrogen) atoms. The van der Waals surface area contributed by atoms with Crippen molar-refractivity contribution in [3.05, 3.63) is 167 Å². The molecular formula is C60H65N3O. The Bertz CT molecular complexity index is 3030. The Labute approximate surface area is 382 Å². The highest BCUT2D eigenvalue weighted by molar-refractivity contribution is 5.98. The Morgan fingerprint density at radius 3 is 1.64 bits per heavy atom. The van der Waals surface area contributed by atoms with Gasteiger partial charge in [0.1, 0.15) is 11.6 Å². The van der Waals surface area contributed by atoms with Gasteiger partial charge in [0, 0.05) is 22.9 Å². The number of rotatable bonds is 6. The van der Waals surface area contributed by atoms with Crippen LogP contribution in [0.1, 0.15) is 116 Å². The lowest BCUT2D eigenvalue weighted by atomic mass is 9.83. The number of phenolic OH excluding ortho intramolecular Hbond substituents is 1. The lowest BCUT2D eigenvalue weighted by Gasteiger charge is -2.24. The number of hydrogen-bond donors (Lipinski definition) is 1. The van der Waals surface area contributed by atoms with Crippen LogP contribution in [-0.2, 0) is 21.7 Å². The maximum absolute atomic E-state index is 11.9. The summed E-state index contributed by atoms with van der Waals surface area (Å²) in [4.78, 5) is 10.6. The summed E-state index contributed by atoms with van der Waals surface area (Å²) >= 11 is 0. The number of hydrogen-bond acceptors (Lipinski definition) is 3. The molecule has 0 aliphatic carbocycles. The van der Waals surface area contributed by atoms with Gasteiger partial charge in [0.15, 0.2) is 0 Å². The van der Waals surface area contributed by atoms with Gasteiger partial charge in [-0.1, -0.05) is 168 Å². The van der Waals surface area contributed by atoms with Gasteiger partial charge in [0.25, 0.3) is 0 Å². The number of benzene rings is 6. The standard InChI is InChI=1S/C60H65N3O/c1-37-30-38(2)55(64)50(31-37)56-62-54-49(16-15-17-52(54)63(56)53-36-46(59(9,10)11)26-27-48(53)40-20-24-45(25-21-40)58(6,7)8)42-32-43(34-47(33-42)60(12,13)14)51-35-41(28-29-61-51)39-18-22-44(23-19-39)57(3,4)5/h15-36,64H,1-14H3. The van der Waals surface area contributed by atoms with Crippen LogP contribution in [0.15, 0.2) is 134 Å². The molecule has 2 heterocycles. The summed E-state index contributed by atoms with van der Waals surface area (Å²) in [6.07, 6.45) is 1.93. The number of aryl methyl sites for hydroxylation is 2. The predicted octanol–water partition coefficient (Wildman–Crippen LogP) is 16.3. The lowest BCUT2D eigenvalue weighted by Crippen LogP contribution is -2.13. The molecule has 0 fully saturated rings. The number of aromatic nitrogens is 3. The zero-order valence-electron chi connectivity index (χ0n) is 40.5. The highest BCUT2D eigenvalue weighted by Crippen LogP contribution is 2.44. The number of imidazole rings is 1. The molecule has 4 heteroatoms. The monoisotopic (exact) mass is 844 g/mol. The van der Waals surface area contributed by atoms with E-state index in [-0.39, 0.29) is 27.4 Å². The molecule has 0 spiro atoms. The second-order valence-corrected chi connectivity index (χ2v) is 22.0. The molecule has 0 saturated heterocycles. The van der Waals surface area contributed by atoms with Crippen LogP contribution in [0.2, 0.25) is 0 Å². The molecule has 0 bridgehead atoms. The molecular weight excluding hydrogens is 779 g/mol. The first-order valence-corrected chi connectivity index (χ1v) is 22.8. The third-order valence-electron chi connectivity index (χ3n) is 12.8. The summed E-state index contributed by atoms with van der Waals surface area (Å²) in [5.41, 5.74) is 18.9. The normalized spacial score (nSPS) is 12.6. The maximum atomic E-state index is 11.9. The number of phenols is 1. The first kappa shape index (κ1) is 44.4. The average Bonchev–Trinajstić information content (AvgIpc) is 3.63.